The van der Waals surface area contributed by atoms with Crippen molar-refractivity contribution in [2.75, 3.05) is 27.3 Å². The number of methoxy groups -OCH3 is 2. The van der Waals surface area contributed by atoms with Crippen LogP contribution in [-0.2, 0) is 0 Å². The fourth-order valence-corrected chi connectivity index (χ4v) is 2.87. The molecule has 4 rings (SSSR count). The molecule has 24 heavy (non-hydrogen) atoms. The lowest BCUT2D eigenvalue weighted by atomic mass is 9.98. The molecule has 1 aromatic carbocycles. The molecule has 7 nitrogen and oxygen atoms in total. The molecule has 0 atom stereocenters. The van der Waals surface area contributed by atoms with Crippen LogP contribution in [0.1, 0.15) is 46.8 Å². The molecule has 1 saturated heterocycles. The number of benzene rings is 1. The number of carbonyl (C=O) groups excluding carboxylic acids is 1. The van der Waals surface area contributed by atoms with E-state index in [1.54, 1.807) is 37.3 Å². The molecular formula is C17H19N3O4. The van der Waals surface area contributed by atoms with Gasteiger partial charge < -0.3 is 18.9 Å². The Morgan fingerprint density at radius 3 is 2.67 bits per heavy atom. The molecule has 7 heteroatoms. The summed E-state index contributed by atoms with van der Waals surface area (Å²) >= 11 is 0. The predicted molar refractivity (Wildman–Crippen MR) is 84.5 cm³/mol. The van der Waals surface area contributed by atoms with Gasteiger partial charge in [-0.1, -0.05) is 5.16 Å². The Hall–Kier alpha value is -2.57. The van der Waals surface area contributed by atoms with Crippen molar-refractivity contribution in [1.82, 2.24) is 15.0 Å². The van der Waals surface area contributed by atoms with Gasteiger partial charge in [0.25, 0.3) is 5.91 Å². The molecule has 1 amide bonds. The highest BCUT2D eigenvalue weighted by Crippen LogP contribution is 2.39. The largest absolute Gasteiger partial charge is 0.497 e. The van der Waals surface area contributed by atoms with Crippen LogP contribution in [0.15, 0.2) is 22.7 Å². The van der Waals surface area contributed by atoms with Crippen molar-refractivity contribution in [2.45, 2.75) is 24.7 Å². The second kappa shape index (κ2) is 5.81. The van der Waals surface area contributed by atoms with Crippen LogP contribution in [0.5, 0.6) is 11.5 Å². The lowest BCUT2D eigenvalue weighted by molar-refractivity contribution is 0.0566. The molecule has 1 aromatic heterocycles. The van der Waals surface area contributed by atoms with E-state index in [-0.39, 0.29) is 11.8 Å². The zero-order chi connectivity index (χ0) is 16.7. The van der Waals surface area contributed by atoms with Crippen LogP contribution in [0.25, 0.3) is 0 Å². The van der Waals surface area contributed by atoms with E-state index in [1.807, 2.05) is 0 Å². The van der Waals surface area contributed by atoms with Crippen LogP contribution in [0.2, 0.25) is 0 Å². The van der Waals surface area contributed by atoms with E-state index >= 15 is 0 Å². The average Bonchev–Trinajstić information content (AvgIpc) is 3.31. The van der Waals surface area contributed by atoms with Gasteiger partial charge in [0.05, 0.1) is 25.7 Å². The van der Waals surface area contributed by atoms with Gasteiger partial charge in [-0.15, -0.1) is 0 Å². The monoisotopic (exact) mass is 329 g/mol. The Bertz CT molecular complexity index is 763. The van der Waals surface area contributed by atoms with E-state index < -0.39 is 0 Å². The maximum atomic E-state index is 12.6. The normalized spacial score (nSPS) is 17.5. The van der Waals surface area contributed by atoms with Crippen molar-refractivity contribution in [3.63, 3.8) is 0 Å². The van der Waals surface area contributed by atoms with Gasteiger partial charge >= 0.3 is 0 Å². The minimum atomic E-state index is -0.0623. The average molecular weight is 329 g/mol. The SMILES string of the molecule is COc1ccc(C(=O)N2CC(c3nc(C4CC4)no3)C2)c(OC)c1. The molecule has 0 unspecified atom stereocenters. The maximum Gasteiger partial charge on any atom is 0.257 e. The Morgan fingerprint density at radius 1 is 1.21 bits per heavy atom. The zero-order valence-electron chi connectivity index (χ0n) is 13.7. The summed E-state index contributed by atoms with van der Waals surface area (Å²) in [7, 11) is 3.12. The van der Waals surface area contributed by atoms with Crippen molar-refractivity contribution in [3.8, 4) is 11.5 Å². The molecule has 0 radical (unpaired) electrons. The minimum Gasteiger partial charge on any atom is -0.497 e. The lowest BCUT2D eigenvalue weighted by Crippen LogP contribution is -2.48. The second-order valence-electron chi connectivity index (χ2n) is 6.24. The van der Waals surface area contributed by atoms with E-state index in [2.05, 4.69) is 10.1 Å². The summed E-state index contributed by atoms with van der Waals surface area (Å²) in [5.41, 5.74) is 0.529. The number of likely N-dealkylation sites (tertiary alicyclic amines) is 1. The van der Waals surface area contributed by atoms with Crippen molar-refractivity contribution in [1.29, 1.82) is 0 Å². The second-order valence-corrected chi connectivity index (χ2v) is 6.24. The quantitative estimate of drug-likeness (QED) is 0.837. The summed E-state index contributed by atoms with van der Waals surface area (Å²) in [5, 5.41) is 4.03. The molecule has 2 aromatic rings. The molecule has 2 fully saturated rings. The Balaban J connectivity index is 1.43. The minimum absolute atomic E-state index is 0.0623. The van der Waals surface area contributed by atoms with Crippen molar-refractivity contribution >= 4 is 5.91 Å². The summed E-state index contributed by atoms with van der Waals surface area (Å²) < 4.78 is 15.8. The first-order valence-corrected chi connectivity index (χ1v) is 8.04. The Kier molecular flexibility index (Phi) is 3.63. The van der Waals surface area contributed by atoms with Gasteiger partial charge in [0, 0.05) is 25.1 Å². The predicted octanol–water partition coefficient (Wildman–Crippen LogP) is 2.20. The molecule has 0 spiro atoms. The Labute approximate surface area is 139 Å². The van der Waals surface area contributed by atoms with Gasteiger partial charge in [-0.25, -0.2) is 0 Å². The smallest absolute Gasteiger partial charge is 0.257 e. The molecule has 2 aliphatic rings. The fourth-order valence-electron chi connectivity index (χ4n) is 2.87. The summed E-state index contributed by atoms with van der Waals surface area (Å²) in [6, 6.07) is 5.20. The van der Waals surface area contributed by atoms with Crippen molar-refractivity contribution < 1.29 is 18.8 Å². The number of amides is 1. The first kappa shape index (κ1) is 15.0. The molecule has 126 valence electrons. The van der Waals surface area contributed by atoms with Crippen LogP contribution in [0.3, 0.4) is 0 Å². The molecular weight excluding hydrogens is 310 g/mol. The maximum absolute atomic E-state index is 12.6. The zero-order valence-corrected chi connectivity index (χ0v) is 13.7. The van der Waals surface area contributed by atoms with E-state index in [4.69, 9.17) is 14.0 Å². The highest BCUT2D eigenvalue weighted by Gasteiger charge is 2.38. The summed E-state index contributed by atoms with van der Waals surface area (Å²) in [6.45, 7) is 1.17. The number of hydrogen-bond acceptors (Lipinski definition) is 6. The van der Waals surface area contributed by atoms with Gasteiger partial charge in [0.1, 0.15) is 11.5 Å². The molecule has 1 saturated carbocycles. The summed E-state index contributed by atoms with van der Waals surface area (Å²) in [4.78, 5) is 18.9. The van der Waals surface area contributed by atoms with Crippen LogP contribution >= 0.6 is 0 Å². The molecule has 0 N–H and O–H groups in total. The van der Waals surface area contributed by atoms with Crippen molar-refractivity contribution in [3.05, 3.63) is 35.5 Å². The molecule has 1 aliphatic carbocycles. The van der Waals surface area contributed by atoms with E-state index in [1.165, 1.54) is 0 Å². The third kappa shape index (κ3) is 2.60. The topological polar surface area (TPSA) is 77.7 Å². The van der Waals surface area contributed by atoms with Gasteiger partial charge in [-0.3, -0.25) is 4.79 Å². The van der Waals surface area contributed by atoms with Gasteiger partial charge in [-0.05, 0) is 25.0 Å². The first-order chi connectivity index (χ1) is 11.7. The van der Waals surface area contributed by atoms with Crippen LogP contribution < -0.4 is 9.47 Å². The number of hydrogen-bond donors (Lipinski definition) is 0. The van der Waals surface area contributed by atoms with E-state index in [9.17, 15) is 4.79 Å². The third-order valence-corrected chi connectivity index (χ3v) is 4.56. The van der Waals surface area contributed by atoms with Gasteiger partial charge in [0.2, 0.25) is 5.89 Å². The van der Waals surface area contributed by atoms with E-state index in [0.29, 0.717) is 42.0 Å². The Morgan fingerprint density at radius 2 is 2.00 bits per heavy atom. The molecule has 1 aliphatic heterocycles. The lowest BCUT2D eigenvalue weighted by Gasteiger charge is -2.37. The molecule has 2 heterocycles. The highest BCUT2D eigenvalue weighted by molar-refractivity contribution is 5.97. The molecule has 0 bridgehead atoms. The standard InChI is InChI=1S/C17H19N3O4/c1-22-12-5-6-13(14(7-12)23-2)17(21)20-8-11(9-20)16-18-15(19-24-16)10-3-4-10/h5-7,10-11H,3-4,8-9H2,1-2H3. The van der Waals surface area contributed by atoms with Crippen molar-refractivity contribution in [2.24, 2.45) is 0 Å². The number of nitrogens with zero attached hydrogens (tertiary/aromatic N) is 3. The number of rotatable bonds is 5. The van der Waals surface area contributed by atoms with Crippen LogP contribution in [-0.4, -0.2) is 48.3 Å². The third-order valence-electron chi connectivity index (χ3n) is 4.56. The number of ether oxygens (including phenoxy) is 2. The van der Waals surface area contributed by atoms with E-state index in [0.717, 1.165) is 18.7 Å². The van der Waals surface area contributed by atoms with Gasteiger partial charge in [-0.2, -0.15) is 4.98 Å². The van der Waals surface area contributed by atoms with Crippen LogP contribution in [0, 0.1) is 0 Å². The first-order valence-electron chi connectivity index (χ1n) is 8.04. The van der Waals surface area contributed by atoms with Gasteiger partial charge in [0.15, 0.2) is 5.82 Å². The number of carbonyl (C=O) groups is 1. The summed E-state index contributed by atoms with van der Waals surface area (Å²) in [5.74, 6) is 3.16. The van der Waals surface area contributed by atoms with Crippen LogP contribution in [0.4, 0.5) is 0 Å². The number of aromatic nitrogens is 2. The fraction of sp³-hybridized carbons (Fsp3) is 0.471. The summed E-state index contributed by atoms with van der Waals surface area (Å²) in [6.07, 6.45) is 2.29. The highest BCUT2D eigenvalue weighted by atomic mass is 16.5.